The molecule has 0 spiro atoms. The van der Waals surface area contributed by atoms with Gasteiger partial charge in [-0.15, -0.1) is 0 Å². The van der Waals surface area contributed by atoms with Crippen molar-refractivity contribution < 1.29 is 23.4 Å². The predicted molar refractivity (Wildman–Crippen MR) is 97.1 cm³/mol. The Morgan fingerprint density at radius 3 is 2.67 bits per heavy atom. The van der Waals surface area contributed by atoms with Crippen LogP contribution in [0.25, 0.3) is 11.1 Å². The number of nitrogens with zero attached hydrogens (tertiary/aromatic N) is 1. The van der Waals surface area contributed by atoms with E-state index in [-0.39, 0.29) is 28.8 Å². The van der Waals surface area contributed by atoms with Gasteiger partial charge in [0.25, 0.3) is 0 Å². The molecule has 0 radical (unpaired) electrons. The summed E-state index contributed by atoms with van der Waals surface area (Å²) in [5.41, 5.74) is 1.13. The van der Waals surface area contributed by atoms with Gasteiger partial charge in [0.05, 0.1) is 18.4 Å². The first-order valence-electron chi connectivity index (χ1n) is 8.21. The van der Waals surface area contributed by atoms with Crippen molar-refractivity contribution in [3.63, 3.8) is 0 Å². The average Bonchev–Trinajstić information content (AvgIpc) is 2.68. The fourth-order valence-electron chi connectivity index (χ4n) is 2.97. The molecule has 27 heavy (non-hydrogen) atoms. The third-order valence-corrected chi connectivity index (χ3v) is 4.40. The molecule has 0 aliphatic heterocycles. The molecular weight excluding hydrogens is 352 g/mol. The Hall–Kier alpha value is -3.28. The van der Waals surface area contributed by atoms with E-state index < -0.39 is 17.6 Å². The van der Waals surface area contributed by atoms with E-state index in [1.54, 1.807) is 31.2 Å². The molecule has 1 aromatic heterocycles. The maximum atomic E-state index is 15.0. The molecule has 1 N–H and O–H groups in total. The van der Waals surface area contributed by atoms with Crippen molar-refractivity contribution in [2.45, 2.75) is 13.3 Å². The number of pyridine rings is 1. The van der Waals surface area contributed by atoms with Crippen LogP contribution < -0.4 is 4.74 Å². The first-order chi connectivity index (χ1) is 12.9. The van der Waals surface area contributed by atoms with Crippen LogP contribution in [-0.2, 0) is 6.42 Å². The molecule has 0 aliphatic carbocycles. The standard InChI is InChI=1S/C21H17F2NO3/c1-12-16(13-5-3-6-14(9-13)27-2)10-18(22)17(20(12)23)11-19-15(21(25)26)7-4-8-24-19/h3-10H,11H2,1-2H3,(H,25,26). The van der Waals surface area contributed by atoms with Gasteiger partial charge in [0.1, 0.15) is 17.4 Å². The number of halogens is 2. The number of aromatic nitrogens is 1. The molecule has 6 heteroatoms. The second-order valence-electron chi connectivity index (χ2n) is 6.04. The van der Waals surface area contributed by atoms with Crippen molar-refractivity contribution in [2.75, 3.05) is 7.11 Å². The first kappa shape index (κ1) is 18.5. The SMILES string of the molecule is COc1cccc(-c2cc(F)c(Cc3ncccc3C(=O)O)c(F)c2C)c1. The lowest BCUT2D eigenvalue weighted by Gasteiger charge is -2.14. The van der Waals surface area contributed by atoms with Crippen LogP contribution >= 0.6 is 0 Å². The Labute approximate surface area is 155 Å². The highest BCUT2D eigenvalue weighted by Crippen LogP contribution is 2.32. The van der Waals surface area contributed by atoms with Crippen molar-refractivity contribution in [3.8, 4) is 16.9 Å². The van der Waals surface area contributed by atoms with Gasteiger partial charge in [-0.2, -0.15) is 0 Å². The lowest BCUT2D eigenvalue weighted by atomic mass is 9.94. The van der Waals surface area contributed by atoms with E-state index in [1.165, 1.54) is 31.5 Å². The van der Waals surface area contributed by atoms with Gasteiger partial charge in [-0.3, -0.25) is 4.98 Å². The fraction of sp³-hybridized carbons (Fsp3) is 0.143. The van der Waals surface area contributed by atoms with E-state index in [4.69, 9.17) is 4.74 Å². The Morgan fingerprint density at radius 2 is 1.96 bits per heavy atom. The smallest absolute Gasteiger partial charge is 0.337 e. The summed E-state index contributed by atoms with van der Waals surface area (Å²) in [4.78, 5) is 15.3. The van der Waals surface area contributed by atoms with Crippen LogP contribution in [0.1, 0.15) is 27.2 Å². The topological polar surface area (TPSA) is 59.4 Å². The summed E-state index contributed by atoms with van der Waals surface area (Å²) >= 11 is 0. The van der Waals surface area contributed by atoms with Crippen LogP contribution in [0.15, 0.2) is 48.7 Å². The van der Waals surface area contributed by atoms with Gasteiger partial charge in [0, 0.05) is 18.2 Å². The highest BCUT2D eigenvalue weighted by atomic mass is 19.1. The van der Waals surface area contributed by atoms with Crippen molar-refractivity contribution in [3.05, 3.63) is 82.7 Å². The van der Waals surface area contributed by atoms with Gasteiger partial charge in [0.15, 0.2) is 0 Å². The monoisotopic (exact) mass is 369 g/mol. The van der Waals surface area contributed by atoms with Crippen molar-refractivity contribution in [1.29, 1.82) is 0 Å². The number of carbonyl (C=O) groups is 1. The number of methoxy groups -OCH3 is 1. The first-order valence-corrected chi connectivity index (χ1v) is 8.21. The average molecular weight is 369 g/mol. The third-order valence-electron chi connectivity index (χ3n) is 4.40. The van der Waals surface area contributed by atoms with E-state index in [0.717, 1.165) is 0 Å². The van der Waals surface area contributed by atoms with E-state index in [9.17, 15) is 18.7 Å². The van der Waals surface area contributed by atoms with E-state index in [2.05, 4.69) is 4.98 Å². The molecule has 2 aromatic carbocycles. The van der Waals surface area contributed by atoms with Gasteiger partial charge in [-0.1, -0.05) is 12.1 Å². The molecule has 0 aliphatic rings. The zero-order valence-electron chi connectivity index (χ0n) is 14.8. The zero-order chi connectivity index (χ0) is 19.6. The van der Waals surface area contributed by atoms with Crippen LogP contribution in [0.3, 0.4) is 0 Å². The Bertz CT molecular complexity index is 1020. The number of aromatic carboxylic acids is 1. The molecule has 0 saturated carbocycles. The molecule has 1 heterocycles. The summed E-state index contributed by atoms with van der Waals surface area (Å²) < 4.78 is 34.9. The minimum absolute atomic E-state index is 0.0779. The molecular formula is C21H17F2NO3. The normalized spacial score (nSPS) is 10.7. The molecule has 0 fully saturated rings. The molecule has 0 atom stereocenters. The minimum atomic E-state index is -1.19. The lowest BCUT2D eigenvalue weighted by Crippen LogP contribution is -2.08. The van der Waals surface area contributed by atoms with Gasteiger partial charge in [-0.05, 0) is 53.9 Å². The number of hydrogen-bond donors (Lipinski definition) is 1. The second kappa shape index (κ2) is 7.53. The maximum absolute atomic E-state index is 15.0. The largest absolute Gasteiger partial charge is 0.497 e. The number of hydrogen-bond acceptors (Lipinski definition) is 3. The van der Waals surface area contributed by atoms with Gasteiger partial charge in [0.2, 0.25) is 0 Å². The van der Waals surface area contributed by atoms with Gasteiger partial charge >= 0.3 is 5.97 Å². The molecule has 0 unspecified atom stereocenters. The van der Waals surface area contributed by atoms with Crippen LogP contribution in [0, 0.1) is 18.6 Å². The summed E-state index contributed by atoms with van der Waals surface area (Å²) in [6.07, 6.45) is 1.15. The molecule has 4 nitrogen and oxygen atoms in total. The molecule has 138 valence electrons. The van der Waals surface area contributed by atoms with Crippen LogP contribution in [-0.4, -0.2) is 23.2 Å². The molecule has 0 amide bonds. The van der Waals surface area contributed by atoms with Crippen molar-refractivity contribution >= 4 is 5.97 Å². The van der Waals surface area contributed by atoms with Crippen LogP contribution in [0.5, 0.6) is 5.75 Å². The van der Waals surface area contributed by atoms with Crippen LogP contribution in [0.2, 0.25) is 0 Å². The third kappa shape index (κ3) is 3.65. The fourth-order valence-corrected chi connectivity index (χ4v) is 2.97. The Kier molecular flexibility index (Phi) is 5.16. The minimum Gasteiger partial charge on any atom is -0.497 e. The van der Waals surface area contributed by atoms with Crippen LogP contribution in [0.4, 0.5) is 8.78 Å². The number of carboxylic acids is 1. The number of ether oxygens (including phenoxy) is 1. The zero-order valence-corrected chi connectivity index (χ0v) is 14.8. The molecule has 3 aromatic rings. The van der Waals surface area contributed by atoms with E-state index in [0.29, 0.717) is 16.9 Å². The van der Waals surface area contributed by atoms with Gasteiger partial charge < -0.3 is 9.84 Å². The molecule has 0 saturated heterocycles. The maximum Gasteiger partial charge on any atom is 0.337 e. The Morgan fingerprint density at radius 1 is 1.19 bits per heavy atom. The quantitative estimate of drug-likeness (QED) is 0.712. The predicted octanol–water partition coefficient (Wildman–Crippen LogP) is 4.63. The second-order valence-corrected chi connectivity index (χ2v) is 6.04. The summed E-state index contributed by atoms with van der Waals surface area (Å²) in [6.45, 7) is 1.56. The molecule has 3 rings (SSSR count). The van der Waals surface area contributed by atoms with Crippen molar-refractivity contribution in [2.24, 2.45) is 0 Å². The number of rotatable bonds is 5. The highest BCUT2D eigenvalue weighted by molar-refractivity contribution is 5.88. The summed E-state index contributed by atoms with van der Waals surface area (Å²) in [5.74, 6) is -2.08. The van der Waals surface area contributed by atoms with E-state index >= 15 is 0 Å². The summed E-state index contributed by atoms with van der Waals surface area (Å²) in [5, 5.41) is 9.24. The van der Waals surface area contributed by atoms with Gasteiger partial charge in [-0.25, -0.2) is 13.6 Å². The Balaban J connectivity index is 2.07. The lowest BCUT2D eigenvalue weighted by molar-refractivity contribution is 0.0695. The number of benzene rings is 2. The highest BCUT2D eigenvalue weighted by Gasteiger charge is 2.20. The number of carboxylic acid groups (broad SMARTS) is 1. The molecule has 0 bridgehead atoms. The van der Waals surface area contributed by atoms with Crippen molar-refractivity contribution in [1.82, 2.24) is 4.98 Å². The van der Waals surface area contributed by atoms with E-state index in [1.807, 2.05) is 0 Å². The summed E-state index contributed by atoms with van der Waals surface area (Å²) in [6, 6.07) is 11.0. The summed E-state index contributed by atoms with van der Waals surface area (Å²) in [7, 11) is 1.52.